The molecule has 1 nitrogen and oxygen atoms in total. The molecule has 92 valence electrons. The van der Waals surface area contributed by atoms with Crippen LogP contribution < -0.4 is 0 Å². The number of hydrogen-bond donors (Lipinski definition) is 0. The Morgan fingerprint density at radius 2 is 1.94 bits per heavy atom. The summed E-state index contributed by atoms with van der Waals surface area (Å²) in [6.07, 6.45) is 6.59. The summed E-state index contributed by atoms with van der Waals surface area (Å²) in [5, 5.41) is 0. The molecule has 0 N–H and O–H groups in total. The number of carbonyl (C=O) groups is 1. The zero-order valence-corrected chi connectivity index (χ0v) is 11.3. The Hall–Kier alpha value is -0.700. The summed E-state index contributed by atoms with van der Waals surface area (Å²) in [4.78, 5) is 12.0. The van der Waals surface area contributed by atoms with Gasteiger partial charge in [-0.1, -0.05) is 48.0 Å². The Kier molecular flexibility index (Phi) is 4.32. The quantitative estimate of drug-likeness (QED) is 0.737. The molecule has 2 rings (SSSR count). The van der Waals surface area contributed by atoms with Crippen LogP contribution in [0.2, 0.25) is 0 Å². The molecule has 0 saturated heterocycles. The molecule has 1 fully saturated rings. The first-order valence-corrected chi connectivity index (χ1v) is 6.94. The second-order valence-electron chi connectivity index (χ2n) is 4.79. The minimum atomic E-state index is -0.355. The first-order valence-electron chi connectivity index (χ1n) is 6.14. The summed E-state index contributed by atoms with van der Waals surface area (Å²) in [5.74, 6) is 0.210. The first kappa shape index (κ1) is 12.7. The van der Waals surface area contributed by atoms with Gasteiger partial charge < -0.3 is 0 Å². The highest BCUT2D eigenvalue weighted by molar-refractivity contribution is 9.10. The largest absolute Gasteiger partial charge is 0.294 e. The highest BCUT2D eigenvalue weighted by Gasteiger charge is 2.18. The topological polar surface area (TPSA) is 17.1 Å². The smallest absolute Gasteiger partial charge is 0.163 e. The van der Waals surface area contributed by atoms with Crippen LogP contribution in [0.4, 0.5) is 4.39 Å². The maximum absolute atomic E-state index is 13.2. The van der Waals surface area contributed by atoms with Crippen LogP contribution in [0.1, 0.15) is 48.9 Å². The summed E-state index contributed by atoms with van der Waals surface area (Å²) in [7, 11) is 0. The summed E-state index contributed by atoms with van der Waals surface area (Å²) in [6.45, 7) is 0. The van der Waals surface area contributed by atoms with Crippen molar-refractivity contribution in [1.82, 2.24) is 0 Å². The number of rotatable bonds is 3. The van der Waals surface area contributed by atoms with Crippen LogP contribution in [-0.4, -0.2) is 5.78 Å². The van der Waals surface area contributed by atoms with E-state index in [0.29, 0.717) is 22.4 Å². The molecule has 0 radical (unpaired) electrons. The third-order valence-corrected chi connectivity index (χ3v) is 3.84. The molecule has 1 saturated carbocycles. The molecular formula is C14H16BrFO. The molecule has 17 heavy (non-hydrogen) atoms. The molecule has 0 aromatic heterocycles. The Morgan fingerprint density at radius 1 is 1.24 bits per heavy atom. The van der Waals surface area contributed by atoms with E-state index in [1.54, 1.807) is 6.07 Å². The molecule has 0 aliphatic heterocycles. The number of hydrogen-bond acceptors (Lipinski definition) is 1. The molecule has 1 aromatic carbocycles. The Morgan fingerprint density at radius 3 is 2.59 bits per heavy atom. The van der Waals surface area contributed by atoms with E-state index >= 15 is 0 Å². The predicted octanol–water partition coefficient (Wildman–Crippen LogP) is 4.74. The number of benzene rings is 1. The fraction of sp³-hybridized carbons (Fsp3) is 0.500. The van der Waals surface area contributed by atoms with E-state index < -0.39 is 0 Å². The van der Waals surface area contributed by atoms with Crippen LogP contribution in [0.3, 0.4) is 0 Å². The Balaban J connectivity index is 2.03. The minimum Gasteiger partial charge on any atom is -0.294 e. The molecule has 1 aliphatic carbocycles. The Bertz CT molecular complexity index is 390. The van der Waals surface area contributed by atoms with E-state index in [4.69, 9.17) is 0 Å². The third-order valence-electron chi connectivity index (χ3n) is 3.38. The minimum absolute atomic E-state index is 0.0668. The molecule has 1 aromatic rings. The van der Waals surface area contributed by atoms with E-state index in [2.05, 4.69) is 15.9 Å². The van der Waals surface area contributed by atoms with Gasteiger partial charge in [-0.05, 0) is 24.1 Å². The van der Waals surface area contributed by atoms with Crippen molar-refractivity contribution in [3.8, 4) is 0 Å². The zero-order valence-electron chi connectivity index (χ0n) is 9.72. The number of Topliss-reactive ketones (excluding diaryl/α,β-unsaturated/α-hetero) is 1. The highest BCUT2D eigenvalue weighted by Crippen LogP contribution is 2.28. The van der Waals surface area contributed by atoms with Gasteiger partial charge in [0.25, 0.3) is 0 Å². The summed E-state index contributed by atoms with van der Waals surface area (Å²) in [6, 6.07) is 4.40. The standard InChI is InChI=1S/C14H16BrFO/c15-12-7-11(8-13(16)9-12)14(17)6-10-4-2-1-3-5-10/h7-10H,1-6H2. The van der Waals surface area contributed by atoms with Gasteiger partial charge in [0.05, 0.1) is 0 Å². The molecule has 0 atom stereocenters. The summed E-state index contributed by atoms with van der Waals surface area (Å²) < 4.78 is 13.8. The number of halogens is 2. The van der Waals surface area contributed by atoms with E-state index in [1.165, 1.54) is 31.4 Å². The lowest BCUT2D eigenvalue weighted by Crippen LogP contribution is -2.12. The zero-order chi connectivity index (χ0) is 12.3. The fourth-order valence-corrected chi connectivity index (χ4v) is 2.95. The van der Waals surface area contributed by atoms with Gasteiger partial charge in [0.15, 0.2) is 5.78 Å². The maximum atomic E-state index is 13.2. The van der Waals surface area contributed by atoms with Gasteiger partial charge in [-0.15, -0.1) is 0 Å². The number of ketones is 1. The molecule has 1 aliphatic rings. The van der Waals surface area contributed by atoms with E-state index in [1.807, 2.05) is 0 Å². The van der Waals surface area contributed by atoms with Crippen LogP contribution in [-0.2, 0) is 0 Å². The lowest BCUT2D eigenvalue weighted by molar-refractivity contribution is 0.0949. The molecule has 0 bridgehead atoms. The molecule has 0 amide bonds. The van der Waals surface area contributed by atoms with E-state index in [-0.39, 0.29) is 11.6 Å². The van der Waals surface area contributed by atoms with E-state index in [9.17, 15) is 9.18 Å². The van der Waals surface area contributed by atoms with Crippen molar-refractivity contribution in [1.29, 1.82) is 0 Å². The SMILES string of the molecule is O=C(CC1CCCCC1)c1cc(F)cc(Br)c1. The molecule has 0 unspecified atom stereocenters. The van der Waals surface area contributed by atoms with Gasteiger partial charge in [0, 0.05) is 16.5 Å². The van der Waals surface area contributed by atoms with Crippen LogP contribution >= 0.6 is 15.9 Å². The highest BCUT2D eigenvalue weighted by atomic mass is 79.9. The first-order chi connectivity index (χ1) is 8.15. The molecule has 0 spiro atoms. The van der Waals surface area contributed by atoms with Gasteiger partial charge >= 0.3 is 0 Å². The monoisotopic (exact) mass is 298 g/mol. The summed E-state index contributed by atoms with van der Waals surface area (Å²) in [5.41, 5.74) is 0.488. The lowest BCUT2D eigenvalue weighted by atomic mass is 9.85. The maximum Gasteiger partial charge on any atom is 0.163 e. The third kappa shape index (κ3) is 3.63. The second kappa shape index (κ2) is 5.76. The molecule has 0 heterocycles. The van der Waals surface area contributed by atoms with Crippen LogP contribution in [0, 0.1) is 11.7 Å². The normalized spacial score (nSPS) is 17.1. The van der Waals surface area contributed by atoms with Crippen molar-refractivity contribution < 1.29 is 9.18 Å². The average molecular weight is 299 g/mol. The average Bonchev–Trinajstić information content (AvgIpc) is 2.29. The Labute approximate surface area is 110 Å². The fourth-order valence-electron chi connectivity index (χ4n) is 2.49. The second-order valence-corrected chi connectivity index (χ2v) is 5.71. The predicted molar refractivity (Wildman–Crippen MR) is 69.6 cm³/mol. The lowest BCUT2D eigenvalue weighted by Gasteiger charge is -2.20. The van der Waals surface area contributed by atoms with Crippen molar-refractivity contribution in [2.45, 2.75) is 38.5 Å². The van der Waals surface area contributed by atoms with E-state index in [0.717, 1.165) is 12.8 Å². The van der Waals surface area contributed by atoms with Crippen LogP contribution in [0.5, 0.6) is 0 Å². The van der Waals surface area contributed by atoms with Crippen molar-refractivity contribution in [2.75, 3.05) is 0 Å². The van der Waals surface area contributed by atoms with Crippen molar-refractivity contribution in [2.24, 2.45) is 5.92 Å². The molecular weight excluding hydrogens is 283 g/mol. The number of carbonyl (C=O) groups excluding carboxylic acids is 1. The van der Waals surface area contributed by atoms with Gasteiger partial charge in [-0.2, -0.15) is 0 Å². The van der Waals surface area contributed by atoms with Crippen LogP contribution in [0.25, 0.3) is 0 Å². The molecule has 3 heteroatoms. The van der Waals surface area contributed by atoms with Crippen molar-refractivity contribution in [3.05, 3.63) is 34.1 Å². The van der Waals surface area contributed by atoms with Gasteiger partial charge in [0.2, 0.25) is 0 Å². The van der Waals surface area contributed by atoms with Gasteiger partial charge in [0.1, 0.15) is 5.82 Å². The van der Waals surface area contributed by atoms with Gasteiger partial charge in [-0.3, -0.25) is 4.79 Å². The van der Waals surface area contributed by atoms with Crippen molar-refractivity contribution in [3.63, 3.8) is 0 Å². The summed E-state index contributed by atoms with van der Waals surface area (Å²) >= 11 is 3.21. The van der Waals surface area contributed by atoms with Gasteiger partial charge in [-0.25, -0.2) is 4.39 Å². The van der Waals surface area contributed by atoms with Crippen LogP contribution in [0.15, 0.2) is 22.7 Å². The van der Waals surface area contributed by atoms with Crippen molar-refractivity contribution >= 4 is 21.7 Å².